The number of aromatic nitrogens is 4. The number of fused-ring (bicyclic) bond motifs is 2. The normalized spacial score (nSPS) is 16.3. The van der Waals surface area contributed by atoms with Crippen molar-refractivity contribution in [2.24, 2.45) is 0 Å². The summed E-state index contributed by atoms with van der Waals surface area (Å²) in [5, 5.41) is 15.3. The van der Waals surface area contributed by atoms with Gasteiger partial charge in [-0.2, -0.15) is 14.9 Å². The Kier molecular flexibility index (Phi) is 5.52. The van der Waals surface area contributed by atoms with Gasteiger partial charge in [-0.05, 0) is 42.2 Å². The first kappa shape index (κ1) is 21.8. The van der Waals surface area contributed by atoms with Crippen LogP contribution in [0.3, 0.4) is 0 Å². The Morgan fingerprint density at radius 1 is 1.12 bits per heavy atom. The van der Waals surface area contributed by atoms with Gasteiger partial charge in [-0.15, -0.1) is 12.4 Å². The molecule has 2 N–H and O–H groups in total. The van der Waals surface area contributed by atoms with Crippen molar-refractivity contribution in [3.63, 3.8) is 0 Å². The minimum atomic E-state index is -0.483. The van der Waals surface area contributed by atoms with E-state index >= 15 is 0 Å². The van der Waals surface area contributed by atoms with E-state index in [0.717, 1.165) is 42.8 Å². The van der Waals surface area contributed by atoms with Gasteiger partial charge in [-0.25, -0.2) is 4.39 Å². The first-order valence-electron chi connectivity index (χ1n) is 10.9. The molecule has 2 aliphatic rings. The molecule has 170 valence electrons. The first-order chi connectivity index (χ1) is 15.6. The molecule has 9 heteroatoms. The molecule has 0 unspecified atom stereocenters. The molecule has 1 saturated heterocycles. The van der Waals surface area contributed by atoms with Crippen LogP contribution in [0.25, 0.3) is 28.0 Å². The summed E-state index contributed by atoms with van der Waals surface area (Å²) < 4.78 is 15.7. The van der Waals surface area contributed by atoms with E-state index in [1.54, 1.807) is 19.1 Å². The Balaban J connectivity index is 0.00000228. The van der Waals surface area contributed by atoms with Crippen LogP contribution in [0.4, 0.5) is 4.39 Å². The van der Waals surface area contributed by atoms with E-state index in [-0.39, 0.29) is 18.1 Å². The molecule has 0 aliphatic carbocycles. The van der Waals surface area contributed by atoms with Gasteiger partial charge in [0.15, 0.2) is 0 Å². The maximum atomic E-state index is 14.6. The predicted molar refractivity (Wildman–Crippen MR) is 128 cm³/mol. The molecule has 0 spiro atoms. The topological polar surface area (TPSA) is 78.8 Å². The average Bonchev–Trinajstić information content (AvgIpc) is 3.14. The van der Waals surface area contributed by atoms with E-state index in [4.69, 9.17) is 0 Å². The van der Waals surface area contributed by atoms with E-state index in [1.165, 1.54) is 23.3 Å². The van der Waals surface area contributed by atoms with Crippen LogP contribution in [0, 0.1) is 12.7 Å². The highest BCUT2D eigenvalue weighted by Crippen LogP contribution is 2.30. The zero-order valence-corrected chi connectivity index (χ0v) is 19.0. The number of para-hydroxylation sites is 1. The molecule has 0 atom stereocenters. The quantitative estimate of drug-likeness (QED) is 0.485. The lowest BCUT2D eigenvalue weighted by Gasteiger charge is -2.41. The smallest absolute Gasteiger partial charge is 0.273 e. The standard InChI is InChI=1S/C24H23FN6O.ClH/c1-14-3-2-4-19(25)24(14)31-21(32)10-20-23(29-31)22(28-27-20)16-6-5-15-7-8-30(13-17(15)9-16)18-11-26-12-18;/h2-6,9-10,18,26-27H,7-8,11-13H2,1H3;1H. The molecule has 4 heterocycles. The van der Waals surface area contributed by atoms with Gasteiger partial charge in [0.1, 0.15) is 22.7 Å². The van der Waals surface area contributed by atoms with Crippen LogP contribution in [-0.2, 0) is 13.0 Å². The van der Waals surface area contributed by atoms with Crippen molar-refractivity contribution in [3.05, 3.63) is 75.3 Å². The van der Waals surface area contributed by atoms with E-state index in [9.17, 15) is 9.18 Å². The zero-order valence-electron chi connectivity index (χ0n) is 18.1. The number of rotatable bonds is 3. The fourth-order valence-electron chi connectivity index (χ4n) is 4.71. The summed E-state index contributed by atoms with van der Waals surface area (Å²) in [5.41, 5.74) is 5.75. The van der Waals surface area contributed by atoms with E-state index < -0.39 is 11.4 Å². The summed E-state index contributed by atoms with van der Waals surface area (Å²) in [5.74, 6) is -0.483. The Hall–Kier alpha value is -3.07. The third-order valence-electron chi connectivity index (χ3n) is 6.64. The molecule has 2 aliphatic heterocycles. The molecule has 0 saturated carbocycles. The lowest BCUT2D eigenvalue weighted by Crippen LogP contribution is -2.57. The number of hydrogen-bond donors (Lipinski definition) is 2. The summed E-state index contributed by atoms with van der Waals surface area (Å²) in [6, 6.07) is 13.2. The summed E-state index contributed by atoms with van der Waals surface area (Å²) in [4.78, 5) is 15.2. The van der Waals surface area contributed by atoms with Gasteiger partial charge in [0.05, 0.1) is 5.52 Å². The first-order valence-corrected chi connectivity index (χ1v) is 10.9. The number of H-pyrrole nitrogens is 1. The predicted octanol–water partition coefficient (Wildman–Crippen LogP) is 2.98. The average molecular weight is 467 g/mol. The van der Waals surface area contributed by atoms with Crippen LogP contribution in [0.1, 0.15) is 16.7 Å². The lowest BCUT2D eigenvalue weighted by molar-refractivity contribution is 0.131. The van der Waals surface area contributed by atoms with E-state index in [1.807, 2.05) is 0 Å². The second kappa shape index (κ2) is 8.37. The lowest BCUT2D eigenvalue weighted by atomic mass is 9.94. The van der Waals surface area contributed by atoms with Crippen LogP contribution in [0.2, 0.25) is 0 Å². The molecular weight excluding hydrogens is 443 g/mol. The van der Waals surface area contributed by atoms with Gasteiger partial charge in [0, 0.05) is 43.9 Å². The Labute approximate surface area is 196 Å². The third kappa shape index (κ3) is 3.64. The van der Waals surface area contributed by atoms with Gasteiger partial charge in [-0.1, -0.05) is 24.3 Å². The van der Waals surface area contributed by atoms with Crippen molar-refractivity contribution in [2.45, 2.75) is 25.9 Å². The van der Waals surface area contributed by atoms with Crippen LogP contribution >= 0.6 is 12.4 Å². The van der Waals surface area contributed by atoms with Crippen molar-refractivity contribution in [1.82, 2.24) is 30.2 Å². The number of benzene rings is 2. The molecule has 0 amide bonds. The maximum Gasteiger partial charge on any atom is 0.273 e. The molecule has 2 aromatic heterocycles. The Morgan fingerprint density at radius 2 is 1.97 bits per heavy atom. The molecule has 6 rings (SSSR count). The van der Waals surface area contributed by atoms with Crippen LogP contribution in [0.15, 0.2) is 47.3 Å². The van der Waals surface area contributed by atoms with Crippen molar-refractivity contribution >= 4 is 23.4 Å². The van der Waals surface area contributed by atoms with E-state index in [2.05, 4.69) is 43.7 Å². The molecule has 2 aromatic carbocycles. The zero-order chi connectivity index (χ0) is 21.8. The van der Waals surface area contributed by atoms with Gasteiger partial charge >= 0.3 is 0 Å². The molecular formula is C24H24ClFN6O. The minimum Gasteiger partial charge on any atom is -0.314 e. The second-order valence-corrected chi connectivity index (χ2v) is 8.65. The number of aryl methyl sites for hydroxylation is 1. The van der Waals surface area contributed by atoms with E-state index in [0.29, 0.717) is 28.3 Å². The minimum absolute atomic E-state index is 0. The molecule has 0 radical (unpaired) electrons. The Morgan fingerprint density at radius 3 is 2.73 bits per heavy atom. The van der Waals surface area contributed by atoms with Crippen LogP contribution < -0.4 is 10.9 Å². The van der Waals surface area contributed by atoms with Gasteiger partial charge in [0.25, 0.3) is 5.56 Å². The number of nitrogens with zero attached hydrogens (tertiary/aromatic N) is 4. The summed E-state index contributed by atoms with van der Waals surface area (Å²) in [6.07, 6.45) is 1.04. The molecule has 0 bridgehead atoms. The van der Waals surface area contributed by atoms with Gasteiger partial charge in [0.2, 0.25) is 0 Å². The van der Waals surface area contributed by atoms with Gasteiger partial charge in [-0.3, -0.25) is 14.8 Å². The Bertz CT molecular complexity index is 1390. The van der Waals surface area contributed by atoms with Crippen molar-refractivity contribution in [1.29, 1.82) is 0 Å². The number of halogens is 2. The monoisotopic (exact) mass is 466 g/mol. The molecule has 33 heavy (non-hydrogen) atoms. The summed E-state index contributed by atoms with van der Waals surface area (Å²) >= 11 is 0. The van der Waals surface area contributed by atoms with Crippen molar-refractivity contribution < 1.29 is 4.39 Å². The summed E-state index contributed by atoms with van der Waals surface area (Å²) in [7, 11) is 0. The fraction of sp³-hybridized carbons (Fsp3) is 0.292. The highest BCUT2D eigenvalue weighted by Gasteiger charge is 2.28. The van der Waals surface area contributed by atoms with Gasteiger partial charge < -0.3 is 5.32 Å². The number of aromatic amines is 1. The van der Waals surface area contributed by atoms with Crippen LogP contribution in [0.5, 0.6) is 0 Å². The fourth-order valence-corrected chi connectivity index (χ4v) is 4.71. The van der Waals surface area contributed by atoms with Crippen molar-refractivity contribution in [2.75, 3.05) is 19.6 Å². The van der Waals surface area contributed by atoms with Crippen molar-refractivity contribution in [3.8, 4) is 16.9 Å². The number of nitrogens with one attached hydrogen (secondary N) is 2. The SMILES string of the molecule is Cc1cccc(F)c1-n1nc2c(-c3ccc4c(c3)CN(C3CNC3)CC4)n[nH]c2cc1=O.Cl. The highest BCUT2D eigenvalue weighted by atomic mass is 35.5. The molecule has 4 aromatic rings. The second-order valence-electron chi connectivity index (χ2n) is 8.65. The molecule has 1 fully saturated rings. The largest absolute Gasteiger partial charge is 0.314 e. The van der Waals surface area contributed by atoms with Crippen LogP contribution in [-0.4, -0.2) is 50.6 Å². The molecule has 7 nitrogen and oxygen atoms in total. The highest BCUT2D eigenvalue weighted by molar-refractivity contribution is 5.89. The number of hydrogen-bond acceptors (Lipinski definition) is 5. The third-order valence-corrected chi connectivity index (χ3v) is 6.64. The summed E-state index contributed by atoms with van der Waals surface area (Å²) in [6.45, 7) is 5.87. The maximum absolute atomic E-state index is 14.6.